The third kappa shape index (κ3) is 2.27. The van der Waals surface area contributed by atoms with E-state index in [-0.39, 0.29) is 0 Å². The molecule has 0 fully saturated rings. The topological polar surface area (TPSA) is 50.2 Å². The molecule has 3 aromatic rings. The van der Waals surface area contributed by atoms with Crippen molar-refractivity contribution in [1.29, 1.82) is 0 Å². The normalized spacial score (nSPS) is 10.8. The first-order valence-corrected chi connectivity index (χ1v) is 6.77. The molecule has 0 aliphatic carbocycles. The van der Waals surface area contributed by atoms with E-state index in [1.54, 1.807) is 6.07 Å². The highest BCUT2D eigenvalue weighted by atomic mass is 16.4. The van der Waals surface area contributed by atoms with Gasteiger partial charge in [0.25, 0.3) is 0 Å². The Balaban J connectivity index is 2.34. The average molecular weight is 277 g/mol. The molecule has 0 aliphatic heterocycles. The summed E-state index contributed by atoms with van der Waals surface area (Å²) in [6, 6.07) is 15.1. The van der Waals surface area contributed by atoms with Crippen LogP contribution in [0.3, 0.4) is 0 Å². The second-order valence-corrected chi connectivity index (χ2v) is 5.10. The van der Waals surface area contributed by atoms with Gasteiger partial charge in [0, 0.05) is 17.0 Å². The number of hydrogen-bond donors (Lipinski definition) is 1. The molecule has 3 rings (SSSR count). The van der Waals surface area contributed by atoms with Gasteiger partial charge in [0.05, 0.1) is 5.56 Å². The molecule has 0 spiro atoms. The van der Waals surface area contributed by atoms with Crippen LogP contribution in [0.4, 0.5) is 0 Å². The van der Waals surface area contributed by atoms with E-state index in [1.165, 1.54) is 0 Å². The molecular weight excluding hydrogens is 262 g/mol. The van der Waals surface area contributed by atoms with E-state index in [1.807, 2.05) is 56.3 Å². The average Bonchev–Trinajstić information content (AvgIpc) is 2.46. The molecule has 0 saturated carbocycles. The van der Waals surface area contributed by atoms with Crippen molar-refractivity contribution in [3.05, 3.63) is 65.5 Å². The number of aromatic carboxylic acids is 1. The van der Waals surface area contributed by atoms with Crippen LogP contribution in [0.15, 0.2) is 48.5 Å². The van der Waals surface area contributed by atoms with Gasteiger partial charge in [0.2, 0.25) is 0 Å². The smallest absolute Gasteiger partial charge is 0.336 e. The van der Waals surface area contributed by atoms with Crippen LogP contribution in [-0.4, -0.2) is 16.1 Å². The summed E-state index contributed by atoms with van der Waals surface area (Å²) in [6.45, 7) is 3.94. The molecule has 0 radical (unpaired) electrons. The zero-order valence-electron chi connectivity index (χ0n) is 11.9. The number of rotatable bonds is 2. The predicted molar refractivity (Wildman–Crippen MR) is 83.6 cm³/mol. The molecule has 0 amide bonds. The molecule has 0 aliphatic rings. The summed E-state index contributed by atoms with van der Waals surface area (Å²) in [5, 5.41) is 11.0. The van der Waals surface area contributed by atoms with Crippen LogP contribution in [0.25, 0.3) is 21.9 Å². The Kier molecular flexibility index (Phi) is 3.18. The number of hydrogen-bond acceptors (Lipinski definition) is 2. The second-order valence-electron chi connectivity index (χ2n) is 5.10. The SMILES string of the molecule is Cc1ccc(-c2ccc(C(=O)O)c3ccccc23)c(C)n1. The fourth-order valence-corrected chi connectivity index (χ4v) is 2.69. The number of fused-ring (bicyclic) bond motifs is 1. The first-order chi connectivity index (χ1) is 10.1. The quantitative estimate of drug-likeness (QED) is 0.763. The highest BCUT2D eigenvalue weighted by Crippen LogP contribution is 2.32. The van der Waals surface area contributed by atoms with Crippen molar-refractivity contribution in [3.8, 4) is 11.1 Å². The molecule has 0 bridgehead atoms. The molecule has 0 unspecified atom stereocenters. The van der Waals surface area contributed by atoms with E-state index in [4.69, 9.17) is 0 Å². The van der Waals surface area contributed by atoms with Gasteiger partial charge < -0.3 is 5.11 Å². The van der Waals surface area contributed by atoms with E-state index in [0.717, 1.165) is 33.3 Å². The minimum absolute atomic E-state index is 0.326. The fraction of sp³-hybridized carbons (Fsp3) is 0.111. The predicted octanol–water partition coefficient (Wildman–Crippen LogP) is 4.22. The van der Waals surface area contributed by atoms with E-state index in [0.29, 0.717) is 5.56 Å². The molecule has 2 aromatic carbocycles. The van der Waals surface area contributed by atoms with Crippen molar-refractivity contribution >= 4 is 16.7 Å². The molecular formula is C18H15NO2. The van der Waals surface area contributed by atoms with Crippen LogP contribution in [0.2, 0.25) is 0 Å². The van der Waals surface area contributed by atoms with Gasteiger partial charge in [-0.3, -0.25) is 4.98 Å². The Labute approximate surface area is 122 Å². The van der Waals surface area contributed by atoms with Gasteiger partial charge in [-0.25, -0.2) is 4.79 Å². The monoisotopic (exact) mass is 277 g/mol. The number of aromatic nitrogens is 1. The van der Waals surface area contributed by atoms with Crippen LogP contribution >= 0.6 is 0 Å². The molecule has 3 heteroatoms. The Hall–Kier alpha value is -2.68. The van der Waals surface area contributed by atoms with E-state index < -0.39 is 5.97 Å². The van der Waals surface area contributed by atoms with Crippen molar-refractivity contribution in [2.75, 3.05) is 0 Å². The molecule has 104 valence electrons. The largest absolute Gasteiger partial charge is 0.478 e. The third-order valence-corrected chi connectivity index (χ3v) is 3.67. The van der Waals surface area contributed by atoms with Gasteiger partial charge in [-0.2, -0.15) is 0 Å². The van der Waals surface area contributed by atoms with Crippen LogP contribution in [0.1, 0.15) is 21.7 Å². The zero-order valence-corrected chi connectivity index (χ0v) is 11.9. The lowest BCUT2D eigenvalue weighted by atomic mass is 9.94. The Bertz CT molecular complexity index is 853. The van der Waals surface area contributed by atoms with Gasteiger partial charge in [0.15, 0.2) is 0 Å². The van der Waals surface area contributed by atoms with Crippen LogP contribution in [0.5, 0.6) is 0 Å². The van der Waals surface area contributed by atoms with Crippen molar-refractivity contribution in [3.63, 3.8) is 0 Å². The number of carboxylic acid groups (broad SMARTS) is 1. The Morgan fingerprint density at radius 1 is 0.905 bits per heavy atom. The number of pyridine rings is 1. The standard InChI is InChI=1S/C18H15NO2/c1-11-7-8-13(12(2)19-11)16-9-10-17(18(20)21)15-6-4-3-5-14(15)16/h3-10H,1-2H3,(H,20,21). The maximum atomic E-state index is 11.4. The van der Waals surface area contributed by atoms with Crippen LogP contribution < -0.4 is 0 Å². The maximum Gasteiger partial charge on any atom is 0.336 e. The lowest BCUT2D eigenvalue weighted by Gasteiger charge is -2.11. The van der Waals surface area contributed by atoms with E-state index in [9.17, 15) is 9.90 Å². The molecule has 0 saturated heterocycles. The molecule has 1 aromatic heterocycles. The molecule has 3 nitrogen and oxygen atoms in total. The highest BCUT2D eigenvalue weighted by Gasteiger charge is 2.13. The summed E-state index contributed by atoms with van der Waals surface area (Å²) >= 11 is 0. The molecule has 21 heavy (non-hydrogen) atoms. The van der Waals surface area contributed by atoms with Gasteiger partial charge in [-0.1, -0.05) is 36.4 Å². The number of nitrogens with zero attached hydrogens (tertiary/aromatic N) is 1. The van der Waals surface area contributed by atoms with Gasteiger partial charge in [-0.15, -0.1) is 0 Å². The van der Waals surface area contributed by atoms with Crippen molar-refractivity contribution < 1.29 is 9.90 Å². The molecule has 0 atom stereocenters. The third-order valence-electron chi connectivity index (χ3n) is 3.67. The summed E-state index contributed by atoms with van der Waals surface area (Å²) in [5.41, 5.74) is 4.30. The minimum atomic E-state index is -0.906. The van der Waals surface area contributed by atoms with Gasteiger partial charge in [-0.05, 0) is 42.3 Å². The van der Waals surface area contributed by atoms with E-state index in [2.05, 4.69) is 4.98 Å². The molecule has 1 heterocycles. The number of carbonyl (C=O) groups is 1. The van der Waals surface area contributed by atoms with Crippen molar-refractivity contribution in [2.24, 2.45) is 0 Å². The van der Waals surface area contributed by atoms with Crippen LogP contribution in [-0.2, 0) is 0 Å². The van der Waals surface area contributed by atoms with Crippen LogP contribution in [0, 0.1) is 13.8 Å². The summed E-state index contributed by atoms with van der Waals surface area (Å²) in [6.07, 6.45) is 0. The summed E-state index contributed by atoms with van der Waals surface area (Å²) in [7, 11) is 0. The van der Waals surface area contributed by atoms with Crippen molar-refractivity contribution in [1.82, 2.24) is 4.98 Å². The van der Waals surface area contributed by atoms with E-state index >= 15 is 0 Å². The fourth-order valence-electron chi connectivity index (χ4n) is 2.69. The minimum Gasteiger partial charge on any atom is -0.478 e. The summed E-state index contributed by atoms with van der Waals surface area (Å²) in [5.74, 6) is -0.906. The van der Waals surface area contributed by atoms with Gasteiger partial charge in [0.1, 0.15) is 0 Å². The zero-order chi connectivity index (χ0) is 15.0. The number of benzene rings is 2. The van der Waals surface area contributed by atoms with Crippen molar-refractivity contribution in [2.45, 2.75) is 13.8 Å². The lowest BCUT2D eigenvalue weighted by Crippen LogP contribution is -1.99. The first-order valence-electron chi connectivity index (χ1n) is 6.77. The first kappa shape index (κ1) is 13.3. The van der Waals surface area contributed by atoms with Gasteiger partial charge >= 0.3 is 5.97 Å². The number of carboxylic acids is 1. The Morgan fingerprint density at radius 2 is 1.57 bits per heavy atom. The maximum absolute atomic E-state index is 11.4. The Morgan fingerprint density at radius 3 is 2.24 bits per heavy atom. The molecule has 1 N–H and O–H groups in total. The lowest BCUT2D eigenvalue weighted by molar-refractivity contribution is 0.0699. The highest BCUT2D eigenvalue weighted by molar-refractivity contribution is 6.08. The number of aryl methyl sites for hydroxylation is 2. The summed E-state index contributed by atoms with van der Waals surface area (Å²) in [4.78, 5) is 15.9. The summed E-state index contributed by atoms with van der Waals surface area (Å²) < 4.78 is 0. The second kappa shape index (κ2) is 5.02.